The highest BCUT2D eigenvalue weighted by molar-refractivity contribution is 6.60. The maximum Gasteiger partial charge on any atom is 0.500 e. The molecular formula is C37H58N5O4Si+. The van der Waals surface area contributed by atoms with Gasteiger partial charge in [-0.2, -0.15) is 0 Å². The molecule has 1 aromatic carbocycles. The lowest BCUT2D eigenvalue weighted by Gasteiger charge is -2.30. The Morgan fingerprint density at radius 2 is 1.60 bits per heavy atom. The fraction of sp³-hybridized carbons (Fsp3) is 0.595. The number of pyridine rings is 1. The third kappa shape index (κ3) is 9.60. The minimum atomic E-state index is -2.72. The average Bonchev–Trinajstić information content (AvgIpc) is 3.70. The van der Waals surface area contributed by atoms with Crippen molar-refractivity contribution in [1.29, 1.82) is 0 Å². The van der Waals surface area contributed by atoms with E-state index in [4.69, 9.17) is 18.3 Å². The molecule has 47 heavy (non-hydrogen) atoms. The molecule has 9 nitrogen and oxygen atoms in total. The molecule has 0 N–H and O–H groups in total. The van der Waals surface area contributed by atoms with Gasteiger partial charge in [0.15, 0.2) is 0 Å². The van der Waals surface area contributed by atoms with Gasteiger partial charge < -0.3 is 18.2 Å². The van der Waals surface area contributed by atoms with E-state index in [9.17, 15) is 4.79 Å². The zero-order valence-electron chi connectivity index (χ0n) is 30.1. The standard InChI is InChI=1S/C37H58N5O4Si/c1-9-44-47(45-10-2,46-11-3)25-15-21-39(8)37(43)35-20-14-22-41(35)27-32-17-12-16-31(38-32)26-40-23-24-42(28-40)36-33(29(4)5)18-13-19-34(36)30(6)7/h12-13,16-19,23-24,28-30,35H,9-11,14-15,20-22,25-27H2,1-8H3/q+1/t35-/m0/s1. The molecule has 2 aromatic heterocycles. The SMILES string of the molecule is CCO[Si](CCCN(C)C(=O)[C@@H]1CCCN1Cc1cccc(C[n+]2ccn(-c3c(C(C)C)cccc3C(C)C)c2)n1)(OCC)OCC. The number of para-hydroxylation sites is 1. The highest BCUT2D eigenvalue weighted by atomic mass is 28.4. The van der Waals surface area contributed by atoms with Gasteiger partial charge in [-0.1, -0.05) is 52.0 Å². The lowest BCUT2D eigenvalue weighted by molar-refractivity contribution is -0.688. The van der Waals surface area contributed by atoms with Crippen molar-refractivity contribution in [2.24, 2.45) is 0 Å². The van der Waals surface area contributed by atoms with Crippen LogP contribution in [-0.4, -0.2) is 80.1 Å². The third-order valence-electron chi connectivity index (χ3n) is 8.96. The van der Waals surface area contributed by atoms with Crippen molar-refractivity contribution in [3.05, 3.63) is 77.6 Å². The van der Waals surface area contributed by atoms with Crippen LogP contribution in [0.5, 0.6) is 0 Å². The highest BCUT2D eigenvalue weighted by Crippen LogP contribution is 2.30. The van der Waals surface area contributed by atoms with Crippen molar-refractivity contribution in [1.82, 2.24) is 19.4 Å². The molecule has 1 aliphatic rings. The van der Waals surface area contributed by atoms with Gasteiger partial charge in [0.2, 0.25) is 12.2 Å². The largest absolute Gasteiger partial charge is 0.500 e. The number of aromatic nitrogens is 3. The van der Waals surface area contributed by atoms with Gasteiger partial charge in [-0.05, 0) is 70.5 Å². The van der Waals surface area contributed by atoms with Crippen molar-refractivity contribution in [3.8, 4) is 5.69 Å². The summed E-state index contributed by atoms with van der Waals surface area (Å²) >= 11 is 0. The number of imidazole rings is 1. The second kappa shape index (κ2) is 17.5. The van der Waals surface area contributed by atoms with Crippen LogP contribution in [0.2, 0.25) is 6.04 Å². The summed E-state index contributed by atoms with van der Waals surface area (Å²) in [5.74, 6) is 1.04. The van der Waals surface area contributed by atoms with E-state index in [0.717, 1.165) is 37.2 Å². The molecule has 1 fully saturated rings. The van der Waals surface area contributed by atoms with Crippen LogP contribution >= 0.6 is 0 Å². The van der Waals surface area contributed by atoms with Crippen LogP contribution < -0.4 is 4.57 Å². The number of rotatable bonds is 18. The van der Waals surface area contributed by atoms with Crippen molar-refractivity contribution in [2.45, 2.75) is 105 Å². The van der Waals surface area contributed by atoms with E-state index in [1.807, 2.05) is 32.7 Å². The predicted molar refractivity (Wildman–Crippen MR) is 189 cm³/mol. The molecule has 0 radical (unpaired) electrons. The minimum Gasteiger partial charge on any atom is -0.374 e. The first-order valence-corrected chi connectivity index (χ1v) is 19.6. The molecule has 0 spiro atoms. The topological polar surface area (TPSA) is 72.9 Å². The summed E-state index contributed by atoms with van der Waals surface area (Å²) in [7, 11) is -0.804. The van der Waals surface area contributed by atoms with Crippen LogP contribution in [0.3, 0.4) is 0 Å². The summed E-state index contributed by atoms with van der Waals surface area (Å²) < 4.78 is 22.5. The number of carbonyl (C=O) groups is 1. The average molecular weight is 665 g/mol. The van der Waals surface area contributed by atoms with E-state index >= 15 is 0 Å². The van der Waals surface area contributed by atoms with Crippen LogP contribution in [0.25, 0.3) is 5.69 Å². The summed E-state index contributed by atoms with van der Waals surface area (Å²) in [5, 5.41) is 0. The normalized spacial score (nSPS) is 15.7. The van der Waals surface area contributed by atoms with E-state index < -0.39 is 8.80 Å². The second-order valence-electron chi connectivity index (χ2n) is 13.2. The molecule has 0 bridgehead atoms. The van der Waals surface area contributed by atoms with Gasteiger partial charge in [0.05, 0.1) is 17.4 Å². The Hall–Kier alpha value is -2.89. The minimum absolute atomic E-state index is 0.127. The van der Waals surface area contributed by atoms with Crippen molar-refractivity contribution >= 4 is 14.7 Å². The van der Waals surface area contributed by atoms with Gasteiger partial charge in [-0.15, -0.1) is 0 Å². The predicted octanol–water partition coefficient (Wildman–Crippen LogP) is 6.32. The van der Waals surface area contributed by atoms with E-state index in [2.05, 4.69) is 96.8 Å². The molecule has 3 heterocycles. The first-order valence-electron chi connectivity index (χ1n) is 17.7. The molecule has 0 saturated carbocycles. The Bertz CT molecular complexity index is 1380. The number of hydrogen-bond acceptors (Lipinski definition) is 6. The number of amides is 1. The van der Waals surface area contributed by atoms with Crippen LogP contribution in [0.15, 0.2) is 55.1 Å². The second-order valence-corrected chi connectivity index (χ2v) is 15.9. The summed E-state index contributed by atoms with van der Waals surface area (Å²) in [4.78, 5) is 22.8. The Morgan fingerprint density at radius 1 is 0.979 bits per heavy atom. The number of benzene rings is 1. The Kier molecular flexibility index (Phi) is 13.7. The molecule has 1 amide bonds. The van der Waals surface area contributed by atoms with Crippen LogP contribution in [0, 0.1) is 0 Å². The maximum absolute atomic E-state index is 13.6. The summed E-state index contributed by atoms with van der Waals surface area (Å²) in [6, 6.07) is 13.5. The van der Waals surface area contributed by atoms with Gasteiger partial charge in [-0.3, -0.25) is 14.7 Å². The fourth-order valence-corrected chi connectivity index (χ4v) is 9.32. The Morgan fingerprint density at radius 3 is 2.21 bits per heavy atom. The molecule has 0 aliphatic carbocycles. The van der Waals surface area contributed by atoms with Gasteiger partial charge in [0, 0.05) is 57.1 Å². The number of carbonyl (C=O) groups excluding carboxylic acids is 1. The van der Waals surface area contributed by atoms with Crippen LogP contribution in [0.1, 0.15) is 102 Å². The first-order chi connectivity index (χ1) is 22.6. The van der Waals surface area contributed by atoms with E-state index in [-0.39, 0.29) is 11.9 Å². The summed E-state index contributed by atoms with van der Waals surface area (Å²) in [5.41, 5.74) is 6.01. The smallest absolute Gasteiger partial charge is 0.374 e. The Balaban J connectivity index is 1.39. The molecule has 10 heteroatoms. The van der Waals surface area contributed by atoms with E-state index in [1.54, 1.807) is 0 Å². The first kappa shape index (κ1) is 36.9. The molecule has 4 rings (SSSR count). The summed E-state index contributed by atoms with van der Waals surface area (Å²) in [6.07, 6.45) is 9.13. The van der Waals surface area contributed by atoms with Crippen molar-refractivity contribution in [2.75, 3.05) is 40.0 Å². The molecule has 3 aromatic rings. The highest BCUT2D eigenvalue weighted by Gasteiger charge is 2.40. The molecular weight excluding hydrogens is 607 g/mol. The zero-order chi connectivity index (χ0) is 34.0. The monoisotopic (exact) mass is 664 g/mol. The number of hydrogen-bond donors (Lipinski definition) is 0. The molecule has 1 aliphatic heterocycles. The molecule has 1 saturated heterocycles. The van der Waals surface area contributed by atoms with Gasteiger partial charge >= 0.3 is 8.80 Å². The van der Waals surface area contributed by atoms with Crippen molar-refractivity contribution < 1.29 is 22.6 Å². The quantitative estimate of drug-likeness (QED) is 0.117. The van der Waals surface area contributed by atoms with Gasteiger partial charge in [0.25, 0.3) is 0 Å². The maximum atomic E-state index is 13.6. The van der Waals surface area contributed by atoms with E-state index in [1.165, 1.54) is 16.8 Å². The Labute approximate surface area is 284 Å². The number of nitrogens with zero attached hydrogens (tertiary/aromatic N) is 5. The molecule has 1 atom stereocenters. The summed E-state index contributed by atoms with van der Waals surface area (Å²) in [6.45, 7) is 19.5. The molecule has 0 unspecified atom stereocenters. The molecule has 258 valence electrons. The van der Waals surface area contributed by atoms with Gasteiger partial charge in [0.1, 0.15) is 24.6 Å². The lowest BCUT2D eigenvalue weighted by Crippen LogP contribution is -2.47. The van der Waals surface area contributed by atoms with Crippen LogP contribution in [-0.2, 0) is 31.2 Å². The van der Waals surface area contributed by atoms with Gasteiger partial charge in [-0.25, -0.2) is 9.13 Å². The third-order valence-corrected chi connectivity index (χ3v) is 12.1. The van der Waals surface area contributed by atoms with E-state index in [0.29, 0.717) is 57.3 Å². The zero-order valence-corrected chi connectivity index (χ0v) is 31.1. The number of likely N-dealkylation sites (N-methyl/N-ethyl adjacent to an activating group) is 1. The lowest BCUT2D eigenvalue weighted by atomic mass is 9.92. The number of likely N-dealkylation sites (tertiary alicyclic amines) is 1. The van der Waals surface area contributed by atoms with Crippen molar-refractivity contribution in [3.63, 3.8) is 0 Å². The van der Waals surface area contributed by atoms with Crippen LogP contribution in [0.4, 0.5) is 0 Å². The fourth-order valence-electron chi connectivity index (χ4n) is 6.72.